The minimum absolute atomic E-state index is 0.0711. The van der Waals surface area contributed by atoms with E-state index in [0.29, 0.717) is 51.6 Å². The van der Waals surface area contributed by atoms with Crippen LogP contribution in [0.2, 0.25) is 0 Å². The van der Waals surface area contributed by atoms with Gasteiger partial charge in [-0.3, -0.25) is 13.8 Å². The second-order valence-electron chi connectivity index (χ2n) is 5.94. The van der Waals surface area contributed by atoms with Crippen LogP contribution in [0.25, 0.3) is 0 Å². The summed E-state index contributed by atoms with van der Waals surface area (Å²) >= 11 is 0. The van der Waals surface area contributed by atoms with E-state index in [9.17, 15) is 18.9 Å². The molecule has 0 aromatic heterocycles. The molecule has 0 bridgehead atoms. The number of ether oxygens (including phenoxy) is 2. The number of carbonyl (C=O) groups excluding carboxylic acids is 3. The molecule has 2 atom stereocenters. The fraction of sp³-hybridized carbons (Fsp3) is 0.833. The maximum absolute atomic E-state index is 12.3. The van der Waals surface area contributed by atoms with Crippen molar-refractivity contribution in [2.75, 3.05) is 41.0 Å². The zero-order chi connectivity index (χ0) is 24.1. The lowest BCUT2D eigenvalue weighted by Crippen LogP contribution is -2.47. The van der Waals surface area contributed by atoms with Crippen LogP contribution < -0.4 is 16.0 Å². The molecule has 0 saturated heterocycles. The minimum atomic E-state index is -3.95. The molecule has 31 heavy (non-hydrogen) atoms. The Labute approximate surface area is 184 Å². The summed E-state index contributed by atoms with van der Waals surface area (Å²) in [5, 5.41) is 7.75. The van der Waals surface area contributed by atoms with Crippen molar-refractivity contribution in [3.8, 4) is 0 Å². The summed E-state index contributed by atoms with van der Waals surface area (Å²) < 4.78 is 29.1. The van der Waals surface area contributed by atoms with Crippen LogP contribution in [0, 0.1) is 0 Å². The molecule has 0 heterocycles. The number of unbranched alkanes of at least 4 members (excludes halogenated alkanes) is 3. The average Bonchev–Trinajstić information content (AvgIpc) is 2.78. The molecule has 0 aliphatic rings. The van der Waals surface area contributed by atoms with Crippen LogP contribution >= 0.6 is 7.82 Å². The fourth-order valence-electron chi connectivity index (χ4n) is 2.18. The monoisotopic (exact) mass is 471 g/mol. The molecule has 184 valence electrons. The number of methoxy groups -OCH3 is 2. The molecular weight excluding hydrogens is 433 g/mol. The molecule has 0 rings (SSSR count). The molecule has 4 N–H and O–H groups in total. The highest BCUT2D eigenvalue weighted by molar-refractivity contribution is 7.47. The van der Waals surface area contributed by atoms with Gasteiger partial charge in [0.05, 0.1) is 20.8 Å². The Morgan fingerprint density at radius 2 is 1.45 bits per heavy atom. The highest BCUT2D eigenvalue weighted by atomic mass is 31.2. The fourth-order valence-corrected chi connectivity index (χ4v) is 2.64. The lowest BCUT2D eigenvalue weighted by molar-refractivity contribution is -0.123. The molecule has 3 amide bonds. The Bertz CT molecular complexity index is 549. The zero-order valence-electron chi connectivity index (χ0n) is 19.1. The van der Waals surface area contributed by atoms with Crippen LogP contribution in [0.5, 0.6) is 0 Å². The molecule has 2 unspecified atom stereocenters. The number of rotatable bonds is 15. The molecule has 0 spiro atoms. The largest absolute Gasteiger partial charge is 0.471 e. The van der Waals surface area contributed by atoms with Gasteiger partial charge in [-0.1, -0.05) is 13.8 Å². The van der Waals surface area contributed by atoms with Gasteiger partial charge in [-0.05, 0) is 38.5 Å². The van der Waals surface area contributed by atoms with E-state index in [2.05, 4.69) is 29.9 Å². The van der Waals surface area contributed by atoms with Crippen molar-refractivity contribution in [1.29, 1.82) is 0 Å². The first-order chi connectivity index (χ1) is 14.8. The van der Waals surface area contributed by atoms with Crippen molar-refractivity contribution in [2.24, 2.45) is 0 Å². The van der Waals surface area contributed by atoms with Gasteiger partial charge in [-0.15, -0.1) is 0 Å². The smallest absolute Gasteiger partial charge is 0.453 e. The molecule has 0 fully saturated rings. The predicted octanol–water partition coefficient (Wildman–Crippen LogP) is 2.31. The lowest BCUT2D eigenvalue weighted by Gasteiger charge is -2.18. The summed E-state index contributed by atoms with van der Waals surface area (Å²) in [7, 11) is -0.381. The first-order valence-electron chi connectivity index (χ1n) is 10.2. The van der Waals surface area contributed by atoms with Gasteiger partial charge in [0.15, 0.2) is 0 Å². The van der Waals surface area contributed by atoms with Gasteiger partial charge in [-0.2, -0.15) is 0 Å². The Balaban J connectivity index is 0. The number of nitrogens with one attached hydrogen (secondary N) is 3. The Hall–Kier alpha value is -1.88. The third-order valence-corrected chi connectivity index (χ3v) is 4.74. The highest BCUT2D eigenvalue weighted by Gasteiger charge is 2.20. The minimum Gasteiger partial charge on any atom is -0.453 e. The Morgan fingerprint density at radius 1 is 0.871 bits per heavy atom. The second kappa shape index (κ2) is 20.0. The summed E-state index contributed by atoms with van der Waals surface area (Å²) in [6.07, 6.45) is 2.16. The predicted molar refractivity (Wildman–Crippen MR) is 115 cm³/mol. The third-order valence-electron chi connectivity index (χ3n) is 3.77. The zero-order valence-corrected chi connectivity index (χ0v) is 20.0. The van der Waals surface area contributed by atoms with Gasteiger partial charge >= 0.3 is 20.0 Å². The maximum Gasteiger partial charge on any atom is 0.471 e. The normalized spacial score (nSPS) is 13.0. The van der Waals surface area contributed by atoms with E-state index in [-0.39, 0.29) is 12.5 Å². The van der Waals surface area contributed by atoms with Gasteiger partial charge < -0.3 is 30.3 Å². The van der Waals surface area contributed by atoms with E-state index >= 15 is 0 Å². The van der Waals surface area contributed by atoms with Crippen LogP contribution in [0.15, 0.2) is 0 Å². The topological polar surface area (TPSA) is 162 Å². The van der Waals surface area contributed by atoms with E-state index in [1.54, 1.807) is 0 Å². The molecule has 0 radical (unpaired) electrons. The van der Waals surface area contributed by atoms with Gasteiger partial charge in [0.25, 0.3) is 0 Å². The average molecular weight is 471 g/mol. The molecule has 0 aromatic carbocycles. The SMILES string of the molecule is CC.COC(=O)NCCCCC(NC(=O)OC)C(=O)NCCCCCOP(=O)(O)OC. The molecule has 0 aromatic rings. The van der Waals surface area contributed by atoms with Crippen molar-refractivity contribution in [2.45, 2.75) is 58.4 Å². The van der Waals surface area contributed by atoms with Gasteiger partial charge in [0, 0.05) is 20.2 Å². The van der Waals surface area contributed by atoms with Crippen molar-refractivity contribution in [3.05, 3.63) is 0 Å². The third kappa shape index (κ3) is 18.6. The summed E-state index contributed by atoms with van der Waals surface area (Å²) in [6.45, 7) is 4.84. The van der Waals surface area contributed by atoms with Crippen molar-refractivity contribution in [3.63, 3.8) is 0 Å². The first-order valence-corrected chi connectivity index (χ1v) is 11.7. The Kier molecular flexibility index (Phi) is 20.2. The Morgan fingerprint density at radius 3 is 2.03 bits per heavy atom. The lowest BCUT2D eigenvalue weighted by atomic mass is 10.1. The van der Waals surface area contributed by atoms with Crippen molar-refractivity contribution >= 4 is 25.9 Å². The van der Waals surface area contributed by atoms with E-state index in [0.717, 1.165) is 7.11 Å². The molecule has 0 saturated carbocycles. The number of hydrogen-bond donors (Lipinski definition) is 4. The summed E-state index contributed by atoms with van der Waals surface area (Å²) in [5.41, 5.74) is 0. The van der Waals surface area contributed by atoms with E-state index in [1.807, 2.05) is 13.8 Å². The molecular formula is C18H38N3O9P. The van der Waals surface area contributed by atoms with E-state index in [4.69, 9.17) is 9.42 Å². The molecule has 13 heteroatoms. The molecule has 0 aliphatic heterocycles. The van der Waals surface area contributed by atoms with Crippen LogP contribution in [0.3, 0.4) is 0 Å². The number of phosphoric acid groups is 1. The maximum atomic E-state index is 12.3. The number of amides is 3. The van der Waals surface area contributed by atoms with Gasteiger partial charge in [0.2, 0.25) is 5.91 Å². The highest BCUT2D eigenvalue weighted by Crippen LogP contribution is 2.41. The van der Waals surface area contributed by atoms with Crippen molar-refractivity contribution < 1.29 is 42.4 Å². The van der Waals surface area contributed by atoms with Crippen LogP contribution in [-0.4, -0.2) is 70.1 Å². The number of phosphoric ester groups is 1. The quantitative estimate of drug-likeness (QED) is 0.207. The molecule has 12 nitrogen and oxygen atoms in total. The van der Waals surface area contributed by atoms with Crippen molar-refractivity contribution in [1.82, 2.24) is 16.0 Å². The van der Waals surface area contributed by atoms with Gasteiger partial charge in [-0.25, -0.2) is 14.2 Å². The molecule has 0 aliphatic carbocycles. The van der Waals surface area contributed by atoms with Crippen LogP contribution in [0.1, 0.15) is 52.4 Å². The number of alkyl carbamates (subject to hydrolysis) is 2. The second-order valence-corrected chi connectivity index (χ2v) is 7.50. The van der Waals surface area contributed by atoms with Crippen LogP contribution in [0.4, 0.5) is 9.59 Å². The van der Waals surface area contributed by atoms with E-state index in [1.165, 1.54) is 14.2 Å². The number of hydrogen-bond acceptors (Lipinski definition) is 8. The van der Waals surface area contributed by atoms with Crippen LogP contribution in [-0.2, 0) is 27.9 Å². The summed E-state index contributed by atoms with van der Waals surface area (Å²) in [5.74, 6) is -0.341. The standard InChI is InChI=1S/C16H32N3O9P.C2H6/c1-25-15(21)18-11-7-5-9-13(19-16(22)26-2)14(20)17-10-6-4-8-12-28-29(23,24)27-3;1-2/h13H,4-12H2,1-3H3,(H,17,20)(H,18,21)(H,19,22)(H,23,24);1-2H3. The number of carbonyl (C=O) groups is 3. The first kappa shape index (κ1) is 31.3. The van der Waals surface area contributed by atoms with Gasteiger partial charge in [0.1, 0.15) is 6.04 Å². The van der Waals surface area contributed by atoms with E-state index < -0.39 is 26.1 Å². The summed E-state index contributed by atoms with van der Waals surface area (Å²) in [6, 6.07) is -0.758. The summed E-state index contributed by atoms with van der Waals surface area (Å²) in [4.78, 5) is 43.8.